The highest BCUT2D eigenvalue weighted by Crippen LogP contribution is 2.41. The van der Waals surface area contributed by atoms with Gasteiger partial charge in [0.05, 0.1) is 39.4 Å². The summed E-state index contributed by atoms with van der Waals surface area (Å²) in [5, 5.41) is 23.6. The van der Waals surface area contributed by atoms with Crippen molar-refractivity contribution in [3.05, 3.63) is 42.0 Å². The number of pyridine rings is 1. The Labute approximate surface area is 192 Å². The minimum atomic E-state index is -1.08. The fourth-order valence-corrected chi connectivity index (χ4v) is 4.92. The second kappa shape index (κ2) is 8.15. The fraction of sp³-hybridized carbons (Fsp3) is 0.304. The van der Waals surface area contributed by atoms with Gasteiger partial charge in [0, 0.05) is 17.6 Å². The number of thioether (sulfide) groups is 1. The van der Waals surface area contributed by atoms with Crippen molar-refractivity contribution in [3.8, 4) is 17.2 Å². The van der Waals surface area contributed by atoms with Gasteiger partial charge < -0.3 is 5.32 Å². The number of carbonyl (C=O) groups is 1. The molecule has 0 aliphatic heterocycles. The van der Waals surface area contributed by atoms with Crippen molar-refractivity contribution in [2.45, 2.75) is 43.0 Å². The van der Waals surface area contributed by atoms with Crippen LogP contribution in [-0.2, 0) is 11.2 Å². The van der Waals surface area contributed by atoms with Crippen molar-refractivity contribution in [2.75, 3.05) is 5.32 Å². The SMILES string of the molecule is CCc1c(F)c(SC(C)C#N)c2[nH]ncc2c1-c1ccn2nc(NC(=O)C3CC3F)cc2c1. The lowest BCUT2D eigenvalue weighted by molar-refractivity contribution is -0.117. The van der Waals surface area contributed by atoms with Crippen molar-refractivity contribution in [3.63, 3.8) is 0 Å². The average Bonchev–Trinajstić information content (AvgIpc) is 3.18. The van der Waals surface area contributed by atoms with Crippen molar-refractivity contribution in [1.82, 2.24) is 19.8 Å². The van der Waals surface area contributed by atoms with Gasteiger partial charge in [-0.15, -0.1) is 11.8 Å². The Morgan fingerprint density at radius 3 is 2.97 bits per heavy atom. The van der Waals surface area contributed by atoms with Gasteiger partial charge in [0.25, 0.3) is 0 Å². The summed E-state index contributed by atoms with van der Waals surface area (Å²) in [6.07, 6.45) is 3.02. The van der Waals surface area contributed by atoms with Gasteiger partial charge in [-0.2, -0.15) is 15.5 Å². The number of alkyl halides is 1. The fourth-order valence-electron chi connectivity index (χ4n) is 4.01. The quantitative estimate of drug-likeness (QED) is 0.395. The summed E-state index contributed by atoms with van der Waals surface area (Å²) in [5.41, 5.74) is 3.29. The first-order valence-electron chi connectivity index (χ1n) is 10.6. The maximum Gasteiger partial charge on any atom is 0.231 e. The number of fused-ring (bicyclic) bond motifs is 2. The molecule has 168 valence electrons. The molecular weight excluding hydrogens is 446 g/mol. The molecule has 0 saturated heterocycles. The second-order valence-corrected chi connectivity index (χ2v) is 9.41. The molecule has 1 fully saturated rings. The molecule has 5 rings (SSSR count). The molecule has 1 aliphatic carbocycles. The summed E-state index contributed by atoms with van der Waals surface area (Å²) < 4.78 is 30.4. The predicted octanol–water partition coefficient (Wildman–Crippen LogP) is 4.88. The number of aromatic amines is 1. The van der Waals surface area contributed by atoms with Crippen LogP contribution in [-0.4, -0.2) is 37.1 Å². The monoisotopic (exact) mass is 466 g/mol. The van der Waals surface area contributed by atoms with E-state index < -0.39 is 17.3 Å². The summed E-state index contributed by atoms with van der Waals surface area (Å²) in [4.78, 5) is 12.4. The zero-order valence-electron chi connectivity index (χ0n) is 17.9. The standard InChI is InChI=1S/C23H20F2N6OS/c1-3-14-19(16-10-27-29-21(16)22(20(14)25)33-11(2)9-26)12-4-5-31-13(6-12)7-18(30-31)28-23(32)15-8-17(15)24/h4-7,10-11,15,17H,3,8H2,1-2H3,(H,27,29)(H,28,30,32). The zero-order valence-corrected chi connectivity index (χ0v) is 18.7. The van der Waals surface area contributed by atoms with Crippen molar-refractivity contribution >= 4 is 39.9 Å². The van der Waals surface area contributed by atoms with Crippen LogP contribution in [0.1, 0.15) is 25.8 Å². The molecule has 3 atom stereocenters. The molecule has 10 heteroatoms. The number of hydrogen-bond donors (Lipinski definition) is 2. The molecule has 2 N–H and O–H groups in total. The Balaban J connectivity index is 1.59. The number of nitrogens with one attached hydrogen (secondary N) is 2. The molecule has 1 aromatic carbocycles. The normalized spacial score (nSPS) is 18.4. The molecular formula is C23H20F2N6OS. The number of anilines is 1. The summed E-state index contributed by atoms with van der Waals surface area (Å²) >= 11 is 1.17. The van der Waals surface area contributed by atoms with Crippen LogP contribution >= 0.6 is 11.8 Å². The molecule has 0 radical (unpaired) electrons. The van der Waals surface area contributed by atoms with Gasteiger partial charge in [0.1, 0.15) is 12.0 Å². The molecule has 0 bridgehead atoms. The third-order valence-corrected chi connectivity index (χ3v) is 6.86. The molecule has 0 spiro atoms. The van der Waals surface area contributed by atoms with Crippen molar-refractivity contribution in [2.24, 2.45) is 5.92 Å². The first-order chi connectivity index (χ1) is 15.9. The van der Waals surface area contributed by atoms with E-state index in [4.69, 9.17) is 0 Å². The minimum absolute atomic E-state index is 0.247. The number of aromatic nitrogens is 4. The lowest BCUT2D eigenvalue weighted by Gasteiger charge is -2.16. The van der Waals surface area contributed by atoms with Crippen LogP contribution < -0.4 is 5.32 Å². The van der Waals surface area contributed by atoms with E-state index in [0.717, 1.165) is 16.5 Å². The van der Waals surface area contributed by atoms with Crippen LogP contribution in [0.4, 0.5) is 14.6 Å². The predicted molar refractivity (Wildman–Crippen MR) is 122 cm³/mol. The van der Waals surface area contributed by atoms with Crippen molar-refractivity contribution in [1.29, 1.82) is 5.26 Å². The molecule has 33 heavy (non-hydrogen) atoms. The van der Waals surface area contributed by atoms with Crippen LogP contribution in [0.5, 0.6) is 0 Å². The summed E-state index contributed by atoms with van der Waals surface area (Å²) in [7, 11) is 0. The van der Waals surface area contributed by atoms with Gasteiger partial charge in [0.2, 0.25) is 5.91 Å². The van der Waals surface area contributed by atoms with Crippen LogP contribution in [0.15, 0.2) is 35.5 Å². The van der Waals surface area contributed by atoms with Gasteiger partial charge in [-0.05, 0) is 48.6 Å². The van der Waals surface area contributed by atoms with E-state index in [9.17, 15) is 14.4 Å². The number of hydrogen-bond acceptors (Lipinski definition) is 5. The Hall–Kier alpha value is -3.45. The molecule has 1 amide bonds. The first kappa shape index (κ1) is 21.4. The van der Waals surface area contributed by atoms with Crippen LogP contribution in [0.25, 0.3) is 27.5 Å². The number of halogens is 2. The maximum atomic E-state index is 15.6. The highest BCUT2D eigenvalue weighted by atomic mass is 32.2. The van der Waals surface area contributed by atoms with Gasteiger partial charge >= 0.3 is 0 Å². The van der Waals surface area contributed by atoms with E-state index in [1.807, 2.05) is 19.1 Å². The number of carbonyl (C=O) groups excluding carboxylic acids is 1. The molecule has 1 aliphatic rings. The Morgan fingerprint density at radius 2 is 2.27 bits per heavy atom. The van der Waals surface area contributed by atoms with E-state index >= 15 is 4.39 Å². The summed E-state index contributed by atoms with van der Waals surface area (Å²) in [6.45, 7) is 3.61. The molecule has 3 unspecified atom stereocenters. The number of nitrogens with zero attached hydrogens (tertiary/aromatic N) is 4. The van der Waals surface area contributed by atoms with E-state index in [0.29, 0.717) is 33.7 Å². The Bertz CT molecular complexity index is 1440. The Morgan fingerprint density at radius 1 is 1.48 bits per heavy atom. The van der Waals surface area contributed by atoms with E-state index in [2.05, 4.69) is 26.7 Å². The van der Waals surface area contributed by atoms with Crippen LogP contribution in [0.2, 0.25) is 0 Å². The minimum Gasteiger partial charge on any atom is -0.309 e. The van der Waals surface area contributed by atoms with E-state index in [1.54, 1.807) is 29.9 Å². The molecule has 4 aromatic rings. The largest absolute Gasteiger partial charge is 0.309 e. The second-order valence-electron chi connectivity index (χ2n) is 8.06. The topological polar surface area (TPSA) is 98.9 Å². The lowest BCUT2D eigenvalue weighted by atomic mass is 9.94. The van der Waals surface area contributed by atoms with Gasteiger partial charge in [-0.1, -0.05) is 6.92 Å². The first-order valence-corrected chi connectivity index (χ1v) is 11.5. The number of benzene rings is 1. The number of H-pyrrole nitrogens is 1. The number of rotatable bonds is 6. The molecule has 3 heterocycles. The number of nitriles is 1. The third-order valence-electron chi connectivity index (χ3n) is 5.78. The highest BCUT2D eigenvalue weighted by Gasteiger charge is 2.43. The van der Waals surface area contributed by atoms with E-state index in [-0.39, 0.29) is 18.1 Å². The summed E-state index contributed by atoms with van der Waals surface area (Å²) in [5.74, 6) is -0.997. The van der Waals surface area contributed by atoms with Gasteiger partial charge in [-0.3, -0.25) is 9.89 Å². The highest BCUT2D eigenvalue weighted by molar-refractivity contribution is 8.00. The zero-order chi connectivity index (χ0) is 23.3. The van der Waals surface area contributed by atoms with E-state index in [1.165, 1.54) is 11.8 Å². The van der Waals surface area contributed by atoms with Crippen LogP contribution in [0, 0.1) is 23.1 Å². The average molecular weight is 467 g/mol. The van der Waals surface area contributed by atoms with Crippen LogP contribution in [0.3, 0.4) is 0 Å². The number of amides is 1. The summed E-state index contributed by atoms with van der Waals surface area (Å²) in [6, 6.07) is 7.52. The maximum absolute atomic E-state index is 15.6. The smallest absolute Gasteiger partial charge is 0.231 e. The third kappa shape index (κ3) is 3.72. The molecule has 3 aromatic heterocycles. The molecule has 1 saturated carbocycles. The lowest BCUT2D eigenvalue weighted by Crippen LogP contribution is -2.15. The van der Waals surface area contributed by atoms with Gasteiger partial charge in [0.15, 0.2) is 5.82 Å². The Kier molecular flexibility index (Phi) is 5.29. The molecule has 7 nitrogen and oxygen atoms in total. The van der Waals surface area contributed by atoms with Crippen molar-refractivity contribution < 1.29 is 13.6 Å². The van der Waals surface area contributed by atoms with Gasteiger partial charge in [-0.25, -0.2) is 13.3 Å².